The molecule has 0 aliphatic heterocycles. The highest BCUT2D eigenvalue weighted by Gasteiger charge is 2.28. The van der Waals surface area contributed by atoms with Crippen molar-refractivity contribution in [2.75, 3.05) is 20.6 Å². The molecule has 1 aliphatic rings. The van der Waals surface area contributed by atoms with Crippen molar-refractivity contribution in [2.45, 2.75) is 24.3 Å². The van der Waals surface area contributed by atoms with Gasteiger partial charge in [-0.25, -0.2) is 12.7 Å². The van der Waals surface area contributed by atoms with E-state index in [1.807, 2.05) is 19.2 Å². The number of rotatable bonds is 6. The lowest BCUT2D eigenvalue weighted by molar-refractivity contribution is 0.453. The lowest BCUT2D eigenvalue weighted by Gasteiger charge is -2.17. The molecule has 1 aromatic carbocycles. The van der Waals surface area contributed by atoms with E-state index in [-0.39, 0.29) is 0 Å². The maximum Gasteiger partial charge on any atom is 0.242 e. The Morgan fingerprint density at radius 2 is 1.89 bits per heavy atom. The maximum atomic E-state index is 12.3. The number of hydrogen-bond acceptors (Lipinski definition) is 3. The molecule has 0 unspecified atom stereocenters. The summed E-state index contributed by atoms with van der Waals surface area (Å²) in [5.41, 5.74) is 1.08. The molecule has 0 saturated heterocycles. The predicted octanol–water partition coefficient (Wildman–Crippen LogP) is 1.44. The summed E-state index contributed by atoms with van der Waals surface area (Å²) in [5, 5.41) is 3.04. The van der Waals surface area contributed by atoms with Gasteiger partial charge in [-0.15, -0.1) is 0 Å². The standard InChI is InChI=1S/C13H20N2O2S/c1-14-9-11-5-7-13(8-6-11)18(16,17)15(2)10-12-3-4-12/h5-8,12,14H,3-4,9-10H2,1-2H3. The smallest absolute Gasteiger partial charge is 0.242 e. The highest BCUT2D eigenvalue weighted by Crippen LogP contribution is 2.30. The van der Waals surface area contributed by atoms with Gasteiger partial charge in [0.05, 0.1) is 4.90 Å². The molecule has 1 aliphatic carbocycles. The molecule has 0 radical (unpaired) electrons. The van der Waals surface area contributed by atoms with E-state index in [4.69, 9.17) is 0 Å². The van der Waals surface area contributed by atoms with Crippen LogP contribution in [-0.2, 0) is 16.6 Å². The summed E-state index contributed by atoms with van der Waals surface area (Å²) in [7, 11) is 0.218. The third-order valence-electron chi connectivity index (χ3n) is 3.22. The Morgan fingerprint density at radius 1 is 1.28 bits per heavy atom. The van der Waals surface area contributed by atoms with Gasteiger partial charge in [0.15, 0.2) is 0 Å². The molecule has 0 atom stereocenters. The van der Waals surface area contributed by atoms with E-state index < -0.39 is 10.0 Å². The molecule has 0 aromatic heterocycles. The normalized spacial score (nSPS) is 16.2. The maximum absolute atomic E-state index is 12.3. The van der Waals surface area contributed by atoms with Crippen molar-refractivity contribution in [1.29, 1.82) is 0 Å². The van der Waals surface area contributed by atoms with Gasteiger partial charge >= 0.3 is 0 Å². The Hall–Kier alpha value is -0.910. The first kappa shape index (κ1) is 13.5. The van der Waals surface area contributed by atoms with Crippen LogP contribution in [0.1, 0.15) is 18.4 Å². The summed E-state index contributed by atoms with van der Waals surface area (Å²) in [6.07, 6.45) is 2.31. The number of benzene rings is 1. The summed E-state index contributed by atoms with van der Waals surface area (Å²) < 4.78 is 26.0. The van der Waals surface area contributed by atoms with Crippen molar-refractivity contribution in [3.63, 3.8) is 0 Å². The van der Waals surface area contributed by atoms with Crippen LogP contribution in [0.15, 0.2) is 29.2 Å². The largest absolute Gasteiger partial charge is 0.316 e. The van der Waals surface area contributed by atoms with Crippen LogP contribution in [0.3, 0.4) is 0 Å². The minimum atomic E-state index is -3.31. The van der Waals surface area contributed by atoms with Crippen molar-refractivity contribution >= 4 is 10.0 Å². The van der Waals surface area contributed by atoms with Crippen molar-refractivity contribution < 1.29 is 8.42 Å². The zero-order valence-electron chi connectivity index (χ0n) is 10.9. The second kappa shape index (κ2) is 5.38. The van der Waals surface area contributed by atoms with Crippen molar-refractivity contribution in [1.82, 2.24) is 9.62 Å². The van der Waals surface area contributed by atoms with E-state index >= 15 is 0 Å². The van der Waals surface area contributed by atoms with Crippen LogP contribution in [0.4, 0.5) is 0 Å². The number of nitrogens with one attached hydrogen (secondary N) is 1. The van der Waals surface area contributed by atoms with Gasteiger partial charge in [-0.1, -0.05) is 12.1 Å². The molecule has 0 spiro atoms. The molecule has 5 heteroatoms. The van der Waals surface area contributed by atoms with Crippen LogP contribution >= 0.6 is 0 Å². The molecule has 0 heterocycles. The molecule has 4 nitrogen and oxygen atoms in total. The van der Waals surface area contributed by atoms with Crippen LogP contribution < -0.4 is 5.32 Å². The summed E-state index contributed by atoms with van der Waals surface area (Å²) in [4.78, 5) is 0.380. The van der Waals surface area contributed by atoms with Gasteiger partial charge in [0, 0.05) is 20.1 Å². The first-order valence-corrected chi connectivity index (χ1v) is 7.68. The highest BCUT2D eigenvalue weighted by atomic mass is 32.2. The highest BCUT2D eigenvalue weighted by molar-refractivity contribution is 7.89. The van der Waals surface area contributed by atoms with Crippen LogP contribution in [0.25, 0.3) is 0 Å². The fourth-order valence-electron chi connectivity index (χ4n) is 1.93. The molecule has 0 amide bonds. The zero-order chi connectivity index (χ0) is 13.2. The predicted molar refractivity (Wildman–Crippen MR) is 71.7 cm³/mol. The second-order valence-electron chi connectivity index (χ2n) is 4.90. The van der Waals surface area contributed by atoms with Crippen molar-refractivity contribution in [2.24, 2.45) is 5.92 Å². The average molecular weight is 268 g/mol. The molecule has 18 heavy (non-hydrogen) atoms. The van der Waals surface area contributed by atoms with Gasteiger partial charge in [0.2, 0.25) is 10.0 Å². The van der Waals surface area contributed by atoms with Gasteiger partial charge in [0.1, 0.15) is 0 Å². The molecule has 100 valence electrons. The Morgan fingerprint density at radius 3 is 2.39 bits per heavy atom. The molecule has 1 saturated carbocycles. The van der Waals surface area contributed by atoms with E-state index in [1.165, 1.54) is 4.31 Å². The van der Waals surface area contributed by atoms with Crippen LogP contribution in [-0.4, -0.2) is 33.4 Å². The summed E-state index contributed by atoms with van der Waals surface area (Å²) in [5.74, 6) is 0.563. The number of nitrogens with zero attached hydrogens (tertiary/aromatic N) is 1. The molecule has 1 aromatic rings. The molecule has 1 N–H and O–H groups in total. The monoisotopic (exact) mass is 268 g/mol. The van der Waals surface area contributed by atoms with Crippen molar-refractivity contribution in [3.05, 3.63) is 29.8 Å². The van der Waals surface area contributed by atoms with E-state index in [9.17, 15) is 8.42 Å². The van der Waals surface area contributed by atoms with Crippen LogP contribution in [0.2, 0.25) is 0 Å². The van der Waals surface area contributed by atoms with E-state index in [2.05, 4.69) is 5.32 Å². The summed E-state index contributed by atoms with van der Waals surface area (Å²) >= 11 is 0. The number of hydrogen-bond donors (Lipinski definition) is 1. The Labute approximate surface area is 109 Å². The third-order valence-corrected chi connectivity index (χ3v) is 5.06. The Balaban J connectivity index is 2.12. The average Bonchev–Trinajstić information content (AvgIpc) is 3.14. The Bertz CT molecular complexity index is 492. The van der Waals surface area contributed by atoms with Crippen molar-refractivity contribution in [3.8, 4) is 0 Å². The van der Waals surface area contributed by atoms with E-state index in [0.717, 1.165) is 24.9 Å². The van der Waals surface area contributed by atoms with Gasteiger partial charge in [-0.05, 0) is 43.5 Å². The lowest BCUT2D eigenvalue weighted by Crippen LogP contribution is -2.28. The number of sulfonamides is 1. The van der Waals surface area contributed by atoms with Gasteiger partial charge in [0.25, 0.3) is 0 Å². The van der Waals surface area contributed by atoms with Gasteiger partial charge in [-0.3, -0.25) is 0 Å². The topological polar surface area (TPSA) is 49.4 Å². The molecular weight excluding hydrogens is 248 g/mol. The molecular formula is C13H20N2O2S. The minimum Gasteiger partial charge on any atom is -0.316 e. The lowest BCUT2D eigenvalue weighted by atomic mass is 10.2. The van der Waals surface area contributed by atoms with Gasteiger partial charge in [-0.2, -0.15) is 0 Å². The van der Waals surface area contributed by atoms with Crippen LogP contribution in [0.5, 0.6) is 0 Å². The summed E-state index contributed by atoms with van der Waals surface area (Å²) in [6.45, 7) is 1.39. The van der Waals surface area contributed by atoms with Crippen LogP contribution in [0, 0.1) is 5.92 Å². The fraction of sp³-hybridized carbons (Fsp3) is 0.538. The fourth-order valence-corrected chi connectivity index (χ4v) is 3.17. The quantitative estimate of drug-likeness (QED) is 0.849. The SMILES string of the molecule is CNCc1ccc(S(=O)(=O)N(C)CC2CC2)cc1. The van der Waals surface area contributed by atoms with E-state index in [1.54, 1.807) is 19.2 Å². The first-order valence-electron chi connectivity index (χ1n) is 6.24. The second-order valence-corrected chi connectivity index (χ2v) is 6.95. The molecule has 2 rings (SSSR count). The third kappa shape index (κ3) is 3.10. The zero-order valence-corrected chi connectivity index (χ0v) is 11.7. The first-order chi connectivity index (χ1) is 8.54. The minimum absolute atomic E-state index is 0.380. The Kier molecular flexibility index (Phi) is 4.04. The van der Waals surface area contributed by atoms with Gasteiger partial charge < -0.3 is 5.32 Å². The molecule has 1 fully saturated rings. The molecule has 0 bridgehead atoms. The summed E-state index contributed by atoms with van der Waals surface area (Å²) in [6, 6.07) is 7.08. The van der Waals surface area contributed by atoms with E-state index in [0.29, 0.717) is 17.4 Å².